The molecule has 3 nitrogen and oxygen atoms in total. The van der Waals surface area contributed by atoms with Crippen LogP contribution < -0.4 is 5.32 Å². The summed E-state index contributed by atoms with van der Waals surface area (Å²) >= 11 is 5.75. The van der Waals surface area contributed by atoms with Crippen LogP contribution in [0, 0.1) is 0 Å². The van der Waals surface area contributed by atoms with Crippen LogP contribution in [0.2, 0.25) is 5.02 Å². The number of hydrogen-bond donors (Lipinski definition) is 2. The highest BCUT2D eigenvalue weighted by atomic mass is 35.5. The maximum Gasteiger partial charge on any atom is 0.136 e. The Morgan fingerprint density at radius 1 is 1.36 bits per heavy atom. The number of aliphatic imine (C=N–C) groups is 1. The van der Waals surface area contributed by atoms with Crippen LogP contribution in [-0.2, 0) is 0 Å². The van der Waals surface area contributed by atoms with Crippen LogP contribution in [-0.4, -0.2) is 24.0 Å². The monoisotopic (exact) mass is 210 g/mol. The maximum atomic E-state index is 9.87. The van der Waals surface area contributed by atoms with Crippen molar-refractivity contribution in [3.63, 3.8) is 0 Å². The van der Waals surface area contributed by atoms with Gasteiger partial charge in [0.05, 0.1) is 6.54 Å². The van der Waals surface area contributed by atoms with Crippen molar-refractivity contribution in [2.45, 2.75) is 6.10 Å². The van der Waals surface area contributed by atoms with Gasteiger partial charge < -0.3 is 10.4 Å². The van der Waals surface area contributed by atoms with E-state index in [0.29, 0.717) is 10.9 Å². The third-order valence-corrected chi connectivity index (χ3v) is 2.40. The number of amidine groups is 1. The lowest BCUT2D eigenvalue weighted by Gasteiger charge is -2.11. The van der Waals surface area contributed by atoms with Gasteiger partial charge in [0, 0.05) is 11.6 Å². The zero-order valence-electron chi connectivity index (χ0n) is 7.57. The molecule has 0 saturated carbocycles. The zero-order chi connectivity index (χ0) is 9.97. The Morgan fingerprint density at radius 3 is 2.64 bits per heavy atom. The summed E-state index contributed by atoms with van der Waals surface area (Å²) < 4.78 is 0. The van der Waals surface area contributed by atoms with E-state index in [1.807, 2.05) is 0 Å². The van der Waals surface area contributed by atoms with Crippen LogP contribution >= 0.6 is 11.6 Å². The summed E-state index contributed by atoms with van der Waals surface area (Å²) in [6, 6.07) is 7.12. The predicted octanol–water partition coefficient (Wildman–Crippen LogP) is 1.38. The van der Waals surface area contributed by atoms with E-state index < -0.39 is 6.10 Å². The number of aliphatic hydroxyl groups is 1. The lowest BCUT2D eigenvalue weighted by Crippen LogP contribution is -2.25. The topological polar surface area (TPSA) is 44.6 Å². The molecule has 1 aromatic rings. The summed E-state index contributed by atoms with van der Waals surface area (Å²) in [5, 5.41) is 13.6. The van der Waals surface area contributed by atoms with Gasteiger partial charge in [-0.2, -0.15) is 0 Å². The summed E-state index contributed by atoms with van der Waals surface area (Å²) in [6.45, 7) is 1.54. The second-order valence-electron chi connectivity index (χ2n) is 3.15. The minimum atomic E-state index is -0.658. The number of hydrogen-bond acceptors (Lipinski definition) is 3. The quantitative estimate of drug-likeness (QED) is 0.775. The molecular weight excluding hydrogens is 200 g/mol. The highest BCUT2D eigenvalue weighted by Gasteiger charge is 2.17. The first kappa shape index (κ1) is 9.49. The molecule has 74 valence electrons. The van der Waals surface area contributed by atoms with E-state index in [9.17, 15) is 5.11 Å². The second kappa shape index (κ2) is 3.98. The minimum Gasteiger partial charge on any atom is -0.380 e. The Kier molecular flexibility index (Phi) is 2.70. The number of rotatable bonds is 2. The smallest absolute Gasteiger partial charge is 0.136 e. The number of halogens is 1. The van der Waals surface area contributed by atoms with Gasteiger partial charge in [-0.05, 0) is 17.7 Å². The fourth-order valence-electron chi connectivity index (χ4n) is 1.40. The molecule has 1 aliphatic heterocycles. The van der Waals surface area contributed by atoms with Crippen molar-refractivity contribution < 1.29 is 5.11 Å². The Morgan fingerprint density at radius 2 is 2.07 bits per heavy atom. The third-order valence-electron chi connectivity index (χ3n) is 2.14. The standard InChI is InChI=1S/C10H11ClN2O/c11-8-3-1-7(2-4-8)9(14)10-12-5-6-13-10/h1-4,9,14H,5-6H2,(H,12,13). The predicted molar refractivity (Wildman–Crippen MR) is 56.7 cm³/mol. The number of nitrogens with zero attached hydrogens (tertiary/aromatic N) is 1. The molecule has 1 unspecified atom stereocenters. The lowest BCUT2D eigenvalue weighted by atomic mass is 10.1. The van der Waals surface area contributed by atoms with E-state index in [2.05, 4.69) is 10.3 Å². The molecule has 0 bridgehead atoms. The lowest BCUT2D eigenvalue weighted by molar-refractivity contribution is 0.244. The first-order valence-electron chi connectivity index (χ1n) is 4.49. The van der Waals surface area contributed by atoms with Crippen molar-refractivity contribution >= 4 is 17.4 Å². The molecule has 1 aliphatic rings. The molecule has 2 N–H and O–H groups in total. The Balaban J connectivity index is 2.18. The van der Waals surface area contributed by atoms with E-state index in [-0.39, 0.29) is 0 Å². The zero-order valence-corrected chi connectivity index (χ0v) is 8.33. The van der Waals surface area contributed by atoms with Gasteiger partial charge in [-0.3, -0.25) is 4.99 Å². The van der Waals surface area contributed by atoms with Crippen molar-refractivity contribution in [3.05, 3.63) is 34.9 Å². The van der Waals surface area contributed by atoms with Gasteiger partial charge in [-0.15, -0.1) is 0 Å². The molecule has 0 radical (unpaired) electrons. The highest BCUT2D eigenvalue weighted by Crippen LogP contribution is 2.17. The summed E-state index contributed by atoms with van der Waals surface area (Å²) in [4.78, 5) is 4.16. The van der Waals surface area contributed by atoms with Gasteiger partial charge in [-0.25, -0.2) is 0 Å². The van der Waals surface area contributed by atoms with Gasteiger partial charge >= 0.3 is 0 Å². The van der Waals surface area contributed by atoms with E-state index in [0.717, 1.165) is 18.7 Å². The average Bonchev–Trinajstić information content (AvgIpc) is 2.71. The van der Waals surface area contributed by atoms with E-state index in [4.69, 9.17) is 11.6 Å². The molecule has 2 rings (SSSR count). The van der Waals surface area contributed by atoms with Crippen molar-refractivity contribution in [1.82, 2.24) is 5.32 Å². The number of benzene rings is 1. The average molecular weight is 211 g/mol. The molecule has 14 heavy (non-hydrogen) atoms. The Labute approximate surface area is 87.4 Å². The maximum absolute atomic E-state index is 9.87. The third kappa shape index (κ3) is 1.89. The van der Waals surface area contributed by atoms with Crippen LogP contribution in [0.4, 0.5) is 0 Å². The molecule has 0 saturated heterocycles. The molecule has 0 aliphatic carbocycles. The van der Waals surface area contributed by atoms with Crippen LogP contribution in [0.15, 0.2) is 29.3 Å². The molecule has 0 aromatic heterocycles. The number of aliphatic hydroxyl groups excluding tert-OH is 1. The van der Waals surface area contributed by atoms with Crippen LogP contribution in [0.5, 0.6) is 0 Å². The van der Waals surface area contributed by atoms with Crippen LogP contribution in [0.3, 0.4) is 0 Å². The second-order valence-corrected chi connectivity index (χ2v) is 3.58. The van der Waals surface area contributed by atoms with Gasteiger partial charge in [0.1, 0.15) is 11.9 Å². The van der Waals surface area contributed by atoms with Crippen LogP contribution in [0.1, 0.15) is 11.7 Å². The summed E-state index contributed by atoms with van der Waals surface area (Å²) in [7, 11) is 0. The van der Waals surface area contributed by atoms with E-state index in [1.54, 1.807) is 24.3 Å². The Hall–Kier alpha value is -1.06. The largest absolute Gasteiger partial charge is 0.380 e. The molecule has 0 amide bonds. The molecule has 1 atom stereocenters. The first-order valence-corrected chi connectivity index (χ1v) is 4.87. The molecule has 4 heteroatoms. The fourth-order valence-corrected chi connectivity index (χ4v) is 1.53. The van der Waals surface area contributed by atoms with Crippen molar-refractivity contribution in [2.24, 2.45) is 4.99 Å². The van der Waals surface area contributed by atoms with Crippen LogP contribution in [0.25, 0.3) is 0 Å². The summed E-state index contributed by atoms with van der Waals surface area (Å²) in [5.41, 5.74) is 0.808. The van der Waals surface area contributed by atoms with Gasteiger partial charge in [0.2, 0.25) is 0 Å². The fraction of sp³-hybridized carbons (Fsp3) is 0.300. The number of nitrogens with one attached hydrogen (secondary N) is 1. The van der Waals surface area contributed by atoms with Crippen molar-refractivity contribution in [3.8, 4) is 0 Å². The van der Waals surface area contributed by atoms with Gasteiger partial charge in [-0.1, -0.05) is 23.7 Å². The molecule has 1 aromatic carbocycles. The minimum absolute atomic E-state index is 0.646. The molecular formula is C10H11ClN2O. The molecule has 0 spiro atoms. The first-order chi connectivity index (χ1) is 6.77. The van der Waals surface area contributed by atoms with E-state index in [1.165, 1.54) is 0 Å². The van der Waals surface area contributed by atoms with Gasteiger partial charge in [0.15, 0.2) is 0 Å². The van der Waals surface area contributed by atoms with Crippen molar-refractivity contribution in [2.75, 3.05) is 13.1 Å². The molecule has 0 fully saturated rings. The van der Waals surface area contributed by atoms with Crippen molar-refractivity contribution in [1.29, 1.82) is 0 Å². The van der Waals surface area contributed by atoms with E-state index >= 15 is 0 Å². The van der Waals surface area contributed by atoms with Gasteiger partial charge in [0.25, 0.3) is 0 Å². The summed E-state index contributed by atoms with van der Waals surface area (Å²) in [6.07, 6.45) is -0.658. The Bertz CT molecular complexity index is 348. The molecule has 1 heterocycles. The normalized spacial score (nSPS) is 17.4. The SMILES string of the molecule is OC(C1=NCCN1)c1ccc(Cl)cc1. The highest BCUT2D eigenvalue weighted by molar-refractivity contribution is 6.30. The summed E-state index contributed by atoms with van der Waals surface area (Å²) in [5.74, 6) is 0.646.